The number of hydrogen-bond acceptors (Lipinski definition) is 3. The van der Waals surface area contributed by atoms with Gasteiger partial charge in [0.05, 0.1) is 11.3 Å². The molecule has 0 saturated heterocycles. The fourth-order valence-electron chi connectivity index (χ4n) is 2.24. The number of aryl methyl sites for hydroxylation is 1. The molecule has 0 radical (unpaired) electrons. The van der Waals surface area contributed by atoms with E-state index in [-0.39, 0.29) is 17.9 Å². The van der Waals surface area contributed by atoms with Gasteiger partial charge in [-0.15, -0.1) is 0 Å². The van der Waals surface area contributed by atoms with Gasteiger partial charge >= 0.3 is 0 Å². The Morgan fingerprint density at radius 2 is 1.60 bits per heavy atom. The lowest BCUT2D eigenvalue weighted by molar-refractivity contribution is -0.122. The fraction of sp³-hybridized carbons (Fsp3) is 0.300. The summed E-state index contributed by atoms with van der Waals surface area (Å²) < 4.78 is 5.66. The highest BCUT2D eigenvalue weighted by atomic mass is 16.5. The van der Waals surface area contributed by atoms with Crippen molar-refractivity contribution >= 4 is 17.5 Å². The molecule has 0 saturated carbocycles. The number of hydrogen-bond donors (Lipinski definition) is 2. The van der Waals surface area contributed by atoms with Crippen LogP contribution in [0.5, 0.6) is 5.75 Å². The minimum atomic E-state index is -0.691. The maximum atomic E-state index is 12.4. The summed E-state index contributed by atoms with van der Waals surface area (Å²) in [6.45, 7) is 7.43. The van der Waals surface area contributed by atoms with Crippen molar-refractivity contribution in [3.05, 3.63) is 59.7 Å². The van der Waals surface area contributed by atoms with Crippen LogP contribution < -0.4 is 15.4 Å². The van der Waals surface area contributed by atoms with E-state index in [1.807, 2.05) is 45.0 Å². The van der Waals surface area contributed by atoms with Crippen LogP contribution in [0.2, 0.25) is 0 Å². The Balaban J connectivity index is 2.07. The van der Waals surface area contributed by atoms with Gasteiger partial charge in [-0.25, -0.2) is 0 Å². The minimum Gasteiger partial charge on any atom is -0.481 e. The first-order valence-corrected chi connectivity index (χ1v) is 8.31. The first kappa shape index (κ1) is 18.5. The summed E-state index contributed by atoms with van der Waals surface area (Å²) in [6.07, 6.45) is -0.691. The van der Waals surface area contributed by atoms with Gasteiger partial charge in [0.2, 0.25) is 0 Å². The molecule has 0 aromatic heterocycles. The quantitative estimate of drug-likeness (QED) is 0.845. The third-order valence-electron chi connectivity index (χ3n) is 3.55. The maximum absolute atomic E-state index is 12.4. The molecule has 2 aromatic carbocycles. The summed E-state index contributed by atoms with van der Waals surface area (Å²) in [7, 11) is 0. The van der Waals surface area contributed by atoms with E-state index in [1.165, 1.54) is 0 Å². The highest BCUT2D eigenvalue weighted by Gasteiger charge is 2.18. The highest BCUT2D eigenvalue weighted by molar-refractivity contribution is 6.04. The van der Waals surface area contributed by atoms with E-state index in [9.17, 15) is 9.59 Å². The van der Waals surface area contributed by atoms with Crippen LogP contribution in [0, 0.1) is 6.92 Å². The van der Waals surface area contributed by atoms with Crippen molar-refractivity contribution < 1.29 is 14.3 Å². The summed E-state index contributed by atoms with van der Waals surface area (Å²) in [5, 5.41) is 5.60. The summed E-state index contributed by atoms with van der Waals surface area (Å²) >= 11 is 0. The first-order valence-electron chi connectivity index (χ1n) is 8.31. The van der Waals surface area contributed by atoms with Gasteiger partial charge in [0.25, 0.3) is 11.8 Å². The Morgan fingerprint density at radius 3 is 2.24 bits per heavy atom. The van der Waals surface area contributed by atoms with Crippen molar-refractivity contribution in [1.82, 2.24) is 5.32 Å². The van der Waals surface area contributed by atoms with Crippen LogP contribution in [-0.2, 0) is 4.79 Å². The molecule has 2 N–H and O–H groups in total. The fourth-order valence-corrected chi connectivity index (χ4v) is 2.24. The third-order valence-corrected chi connectivity index (χ3v) is 3.55. The average molecular weight is 340 g/mol. The Hall–Kier alpha value is -2.82. The predicted molar refractivity (Wildman–Crippen MR) is 98.9 cm³/mol. The van der Waals surface area contributed by atoms with E-state index < -0.39 is 6.10 Å². The Bertz CT molecular complexity index is 739. The van der Waals surface area contributed by atoms with Gasteiger partial charge in [-0.05, 0) is 52.0 Å². The Morgan fingerprint density at radius 1 is 0.960 bits per heavy atom. The van der Waals surface area contributed by atoms with Crippen molar-refractivity contribution in [2.75, 3.05) is 5.32 Å². The molecule has 2 rings (SSSR count). The molecular weight excluding hydrogens is 316 g/mol. The van der Waals surface area contributed by atoms with E-state index >= 15 is 0 Å². The number of ether oxygens (including phenoxy) is 1. The van der Waals surface area contributed by atoms with E-state index in [1.54, 1.807) is 31.2 Å². The molecule has 5 heteroatoms. The van der Waals surface area contributed by atoms with E-state index in [0.29, 0.717) is 17.0 Å². The van der Waals surface area contributed by atoms with Gasteiger partial charge in [-0.2, -0.15) is 0 Å². The largest absolute Gasteiger partial charge is 0.481 e. The summed E-state index contributed by atoms with van der Waals surface area (Å²) in [5.41, 5.74) is 2.01. The average Bonchev–Trinajstić information content (AvgIpc) is 2.56. The van der Waals surface area contributed by atoms with Crippen LogP contribution >= 0.6 is 0 Å². The van der Waals surface area contributed by atoms with Gasteiger partial charge in [0, 0.05) is 6.04 Å². The third kappa shape index (κ3) is 5.35. The molecule has 2 amide bonds. The van der Waals surface area contributed by atoms with Crippen molar-refractivity contribution in [3.8, 4) is 5.75 Å². The lowest BCUT2D eigenvalue weighted by Crippen LogP contribution is -2.33. The van der Waals surface area contributed by atoms with E-state index in [4.69, 9.17) is 4.74 Å². The standard InChI is InChI=1S/C20H24N2O3/c1-13(2)21-20(24)17-7-5-6-8-18(17)22-19(23)15(4)25-16-11-9-14(3)10-12-16/h5-13,15H,1-4H3,(H,21,24)(H,22,23). The van der Waals surface area contributed by atoms with Crippen LogP contribution in [0.15, 0.2) is 48.5 Å². The van der Waals surface area contributed by atoms with Crippen LogP contribution in [0.25, 0.3) is 0 Å². The molecule has 2 aromatic rings. The number of anilines is 1. The number of rotatable bonds is 6. The molecular formula is C20H24N2O3. The molecule has 0 bridgehead atoms. The van der Waals surface area contributed by atoms with E-state index in [2.05, 4.69) is 10.6 Å². The summed E-state index contributed by atoms with van der Waals surface area (Å²) in [6, 6.07) is 14.4. The molecule has 25 heavy (non-hydrogen) atoms. The van der Waals surface area contributed by atoms with Crippen molar-refractivity contribution in [2.24, 2.45) is 0 Å². The smallest absolute Gasteiger partial charge is 0.265 e. The number of amides is 2. The molecule has 1 unspecified atom stereocenters. The molecule has 0 aliphatic heterocycles. The molecule has 0 spiro atoms. The molecule has 0 heterocycles. The van der Waals surface area contributed by atoms with Crippen molar-refractivity contribution in [1.29, 1.82) is 0 Å². The van der Waals surface area contributed by atoms with Gasteiger partial charge in [-0.1, -0.05) is 29.8 Å². The van der Waals surface area contributed by atoms with E-state index in [0.717, 1.165) is 5.56 Å². The number of nitrogens with one attached hydrogen (secondary N) is 2. The van der Waals surface area contributed by atoms with Crippen LogP contribution in [0.4, 0.5) is 5.69 Å². The number of benzene rings is 2. The Kier molecular flexibility index (Phi) is 6.17. The molecule has 1 atom stereocenters. The van der Waals surface area contributed by atoms with Gasteiger partial charge in [-0.3, -0.25) is 9.59 Å². The Labute approximate surface area is 148 Å². The predicted octanol–water partition coefficient (Wildman–Crippen LogP) is 3.54. The van der Waals surface area contributed by atoms with Crippen molar-refractivity contribution in [3.63, 3.8) is 0 Å². The summed E-state index contributed by atoms with van der Waals surface area (Å²) in [5.74, 6) is 0.0856. The second kappa shape index (κ2) is 8.33. The first-order chi connectivity index (χ1) is 11.9. The molecule has 5 nitrogen and oxygen atoms in total. The summed E-state index contributed by atoms with van der Waals surface area (Å²) in [4.78, 5) is 24.7. The molecule has 0 aliphatic rings. The maximum Gasteiger partial charge on any atom is 0.265 e. The zero-order valence-electron chi connectivity index (χ0n) is 15.0. The normalized spacial score (nSPS) is 11.7. The number of carbonyl (C=O) groups is 2. The van der Waals surface area contributed by atoms with Crippen LogP contribution in [0.3, 0.4) is 0 Å². The van der Waals surface area contributed by atoms with Crippen molar-refractivity contribution in [2.45, 2.75) is 39.8 Å². The van der Waals surface area contributed by atoms with Gasteiger partial charge in [0.1, 0.15) is 5.75 Å². The number of para-hydroxylation sites is 1. The highest BCUT2D eigenvalue weighted by Crippen LogP contribution is 2.17. The second-order valence-corrected chi connectivity index (χ2v) is 6.24. The molecule has 0 fully saturated rings. The minimum absolute atomic E-state index is 0.0139. The monoisotopic (exact) mass is 340 g/mol. The van der Waals surface area contributed by atoms with Gasteiger partial charge < -0.3 is 15.4 Å². The van der Waals surface area contributed by atoms with Crippen LogP contribution in [0.1, 0.15) is 36.7 Å². The zero-order chi connectivity index (χ0) is 18.4. The topological polar surface area (TPSA) is 67.4 Å². The SMILES string of the molecule is Cc1ccc(OC(C)C(=O)Nc2ccccc2C(=O)NC(C)C)cc1. The lowest BCUT2D eigenvalue weighted by atomic mass is 10.1. The lowest BCUT2D eigenvalue weighted by Gasteiger charge is -2.17. The molecule has 0 aliphatic carbocycles. The van der Waals surface area contributed by atoms with Gasteiger partial charge in [0.15, 0.2) is 6.10 Å². The number of carbonyl (C=O) groups excluding carboxylic acids is 2. The van der Waals surface area contributed by atoms with Crippen LogP contribution in [-0.4, -0.2) is 24.0 Å². The zero-order valence-corrected chi connectivity index (χ0v) is 15.0. The second-order valence-electron chi connectivity index (χ2n) is 6.24. The molecule has 132 valence electrons.